The molecule has 0 unspecified atom stereocenters. The number of hydrogen-bond acceptors (Lipinski definition) is 0. The molecule has 0 heteroatoms. The summed E-state index contributed by atoms with van der Waals surface area (Å²) in [5.41, 5.74) is 3.19. The highest BCUT2D eigenvalue weighted by Crippen LogP contribution is 2.17. The molecule has 0 atom stereocenters. The van der Waals surface area contributed by atoms with Gasteiger partial charge in [-0.15, -0.1) is 0 Å². The van der Waals surface area contributed by atoms with Crippen molar-refractivity contribution in [1.29, 1.82) is 0 Å². The minimum absolute atomic E-state index is 0.968. The van der Waals surface area contributed by atoms with Gasteiger partial charge in [0.2, 0.25) is 0 Å². The molecular weight excluding hydrogens is 252 g/mol. The summed E-state index contributed by atoms with van der Waals surface area (Å²) in [4.78, 5) is 0. The standard InChI is InChI=1S/C21H20/c1-4-9-17(3)19(5-2)13-8-10-18-14-15-20-11-6-7-12-21(20)16-18/h4-16H,2-3H2,1H3/b9-4-,10-8-,19-13-. The molecule has 0 amide bonds. The largest absolute Gasteiger partial charge is 0.0984 e. The van der Waals surface area contributed by atoms with E-state index in [9.17, 15) is 0 Å². The first kappa shape index (κ1) is 14.8. The van der Waals surface area contributed by atoms with Crippen LogP contribution in [0.3, 0.4) is 0 Å². The van der Waals surface area contributed by atoms with Crippen molar-refractivity contribution in [2.75, 3.05) is 0 Å². The average Bonchev–Trinajstić information content (AvgIpc) is 2.51. The topological polar surface area (TPSA) is 0 Å². The Morgan fingerprint density at radius 1 is 1.05 bits per heavy atom. The Kier molecular flexibility index (Phi) is 5.11. The lowest BCUT2D eigenvalue weighted by atomic mass is 10.1. The van der Waals surface area contributed by atoms with E-state index in [2.05, 4.69) is 61.7 Å². The van der Waals surface area contributed by atoms with Gasteiger partial charge >= 0.3 is 0 Å². The summed E-state index contributed by atoms with van der Waals surface area (Å²) < 4.78 is 0. The predicted molar refractivity (Wildman–Crippen MR) is 95.2 cm³/mol. The van der Waals surface area contributed by atoms with E-state index in [-0.39, 0.29) is 0 Å². The molecule has 0 bridgehead atoms. The zero-order valence-electron chi connectivity index (χ0n) is 12.4. The van der Waals surface area contributed by atoms with Gasteiger partial charge in [-0.25, -0.2) is 0 Å². The summed E-state index contributed by atoms with van der Waals surface area (Å²) in [6, 6.07) is 14.8. The van der Waals surface area contributed by atoms with E-state index in [1.54, 1.807) is 0 Å². The maximum Gasteiger partial charge on any atom is -0.0178 e. The molecule has 0 spiro atoms. The van der Waals surface area contributed by atoms with Crippen molar-refractivity contribution >= 4 is 16.8 Å². The first-order valence-corrected chi connectivity index (χ1v) is 7.06. The van der Waals surface area contributed by atoms with Gasteiger partial charge in [-0.1, -0.05) is 86.0 Å². The highest BCUT2D eigenvalue weighted by molar-refractivity contribution is 5.84. The number of allylic oxidation sites excluding steroid dienone is 7. The van der Waals surface area contributed by atoms with E-state index in [0.29, 0.717) is 0 Å². The lowest BCUT2D eigenvalue weighted by Crippen LogP contribution is -1.79. The van der Waals surface area contributed by atoms with Gasteiger partial charge < -0.3 is 0 Å². The first-order chi connectivity index (χ1) is 10.2. The number of benzene rings is 2. The maximum absolute atomic E-state index is 4.02. The van der Waals surface area contributed by atoms with E-state index < -0.39 is 0 Å². The average molecular weight is 272 g/mol. The Bertz CT molecular complexity index is 739. The lowest BCUT2D eigenvalue weighted by molar-refractivity contribution is 1.55. The molecule has 0 nitrogen and oxygen atoms in total. The molecule has 0 saturated heterocycles. The second-order valence-corrected chi connectivity index (χ2v) is 4.82. The minimum Gasteiger partial charge on any atom is -0.0984 e. The van der Waals surface area contributed by atoms with Crippen LogP contribution in [0.1, 0.15) is 12.5 Å². The highest BCUT2D eigenvalue weighted by atomic mass is 14.0. The fourth-order valence-electron chi connectivity index (χ4n) is 2.18. The number of rotatable bonds is 5. The highest BCUT2D eigenvalue weighted by Gasteiger charge is 1.94. The van der Waals surface area contributed by atoms with Crippen LogP contribution >= 0.6 is 0 Å². The first-order valence-electron chi connectivity index (χ1n) is 7.06. The smallest absolute Gasteiger partial charge is 0.0178 e. The molecule has 2 rings (SSSR count). The molecule has 0 aromatic heterocycles. The molecule has 0 heterocycles. The molecule has 0 aliphatic rings. The molecule has 0 N–H and O–H groups in total. The molecule has 0 radical (unpaired) electrons. The number of fused-ring (bicyclic) bond motifs is 1. The maximum atomic E-state index is 4.02. The molecule has 0 saturated carbocycles. The Hall–Kier alpha value is -2.60. The SMILES string of the molecule is C=C/C(=C/C=C\c1ccc2ccccc2c1)C(=C)/C=C\C. The van der Waals surface area contributed by atoms with Crippen molar-refractivity contribution in [2.45, 2.75) is 6.92 Å². The number of hydrogen-bond donors (Lipinski definition) is 0. The quantitative estimate of drug-likeness (QED) is 0.577. The summed E-state index contributed by atoms with van der Waals surface area (Å²) in [7, 11) is 0. The van der Waals surface area contributed by atoms with E-state index in [1.807, 2.05) is 37.3 Å². The zero-order chi connectivity index (χ0) is 15.1. The van der Waals surface area contributed by atoms with Gasteiger partial charge in [0, 0.05) is 0 Å². The van der Waals surface area contributed by atoms with Crippen molar-refractivity contribution in [1.82, 2.24) is 0 Å². The van der Waals surface area contributed by atoms with E-state index in [0.717, 1.165) is 11.1 Å². The molecule has 2 aromatic carbocycles. The molecular formula is C21H20. The third-order valence-electron chi connectivity index (χ3n) is 3.30. The van der Waals surface area contributed by atoms with Crippen molar-refractivity contribution in [3.05, 3.63) is 103 Å². The van der Waals surface area contributed by atoms with Crippen LogP contribution in [0.5, 0.6) is 0 Å². The Morgan fingerprint density at radius 3 is 2.52 bits per heavy atom. The zero-order valence-corrected chi connectivity index (χ0v) is 12.4. The van der Waals surface area contributed by atoms with Gasteiger partial charge in [-0.05, 0) is 40.5 Å². The van der Waals surface area contributed by atoms with Crippen LogP contribution in [-0.2, 0) is 0 Å². The molecule has 2 aromatic rings. The second-order valence-electron chi connectivity index (χ2n) is 4.82. The minimum atomic E-state index is 0.968. The van der Waals surface area contributed by atoms with E-state index in [1.165, 1.54) is 16.3 Å². The molecule has 0 fully saturated rings. The Morgan fingerprint density at radius 2 is 1.81 bits per heavy atom. The monoisotopic (exact) mass is 272 g/mol. The van der Waals surface area contributed by atoms with E-state index in [4.69, 9.17) is 0 Å². The Balaban J connectivity index is 2.22. The van der Waals surface area contributed by atoms with Crippen LogP contribution in [0.4, 0.5) is 0 Å². The normalized spacial score (nSPS) is 12.3. The van der Waals surface area contributed by atoms with Crippen molar-refractivity contribution in [3.63, 3.8) is 0 Å². The van der Waals surface area contributed by atoms with Gasteiger partial charge in [0.1, 0.15) is 0 Å². The van der Waals surface area contributed by atoms with Crippen LogP contribution in [0.2, 0.25) is 0 Å². The van der Waals surface area contributed by atoms with Crippen molar-refractivity contribution in [2.24, 2.45) is 0 Å². The summed E-state index contributed by atoms with van der Waals surface area (Å²) in [6.07, 6.45) is 12.0. The lowest BCUT2D eigenvalue weighted by Gasteiger charge is -2.00. The molecule has 21 heavy (non-hydrogen) atoms. The summed E-state index contributed by atoms with van der Waals surface area (Å²) in [5.74, 6) is 0. The summed E-state index contributed by atoms with van der Waals surface area (Å²) >= 11 is 0. The third kappa shape index (κ3) is 3.93. The van der Waals surface area contributed by atoms with Gasteiger partial charge in [0.05, 0.1) is 0 Å². The van der Waals surface area contributed by atoms with Crippen LogP contribution in [0.15, 0.2) is 97.1 Å². The second kappa shape index (κ2) is 7.25. The van der Waals surface area contributed by atoms with Gasteiger partial charge in [-0.2, -0.15) is 0 Å². The van der Waals surface area contributed by atoms with Crippen LogP contribution in [0.25, 0.3) is 16.8 Å². The van der Waals surface area contributed by atoms with E-state index >= 15 is 0 Å². The molecule has 0 aliphatic heterocycles. The Labute approximate surface area is 127 Å². The van der Waals surface area contributed by atoms with Gasteiger partial charge in [-0.3, -0.25) is 0 Å². The summed E-state index contributed by atoms with van der Waals surface area (Å²) in [5, 5.41) is 2.52. The van der Waals surface area contributed by atoms with Gasteiger partial charge in [0.25, 0.3) is 0 Å². The van der Waals surface area contributed by atoms with Crippen LogP contribution in [0, 0.1) is 0 Å². The fourth-order valence-corrected chi connectivity index (χ4v) is 2.18. The van der Waals surface area contributed by atoms with Gasteiger partial charge in [0.15, 0.2) is 0 Å². The van der Waals surface area contributed by atoms with Crippen molar-refractivity contribution in [3.8, 4) is 0 Å². The third-order valence-corrected chi connectivity index (χ3v) is 3.30. The molecule has 0 aliphatic carbocycles. The molecule has 104 valence electrons. The fraction of sp³-hybridized carbons (Fsp3) is 0.0476. The predicted octanol–water partition coefficient (Wildman–Crippen LogP) is 6.10. The summed E-state index contributed by atoms with van der Waals surface area (Å²) in [6.45, 7) is 9.84. The van der Waals surface area contributed by atoms with Crippen LogP contribution in [-0.4, -0.2) is 0 Å². The van der Waals surface area contributed by atoms with Crippen molar-refractivity contribution < 1.29 is 0 Å². The van der Waals surface area contributed by atoms with Crippen LogP contribution < -0.4 is 0 Å².